The number of carbonyl (C=O) groups is 2. The van der Waals surface area contributed by atoms with Crippen molar-refractivity contribution in [3.05, 3.63) is 50.5 Å². The predicted octanol–water partition coefficient (Wildman–Crippen LogP) is 2.25. The molecule has 0 unspecified atom stereocenters. The second-order valence-electron chi connectivity index (χ2n) is 7.36. The zero-order chi connectivity index (χ0) is 22.6. The Hall–Kier alpha value is -2.49. The van der Waals surface area contributed by atoms with Gasteiger partial charge in [-0.1, -0.05) is 37.0 Å². The topological polar surface area (TPSA) is 134 Å². The lowest BCUT2D eigenvalue weighted by atomic mass is 10.0. The molecule has 0 amide bonds. The molecule has 0 fully saturated rings. The fourth-order valence-corrected chi connectivity index (χ4v) is 3.61. The third-order valence-corrected chi connectivity index (χ3v) is 4.81. The van der Waals surface area contributed by atoms with Gasteiger partial charge in [0.1, 0.15) is 12.1 Å². The van der Waals surface area contributed by atoms with Crippen LogP contribution in [0.5, 0.6) is 5.88 Å². The van der Waals surface area contributed by atoms with E-state index in [2.05, 4.69) is 5.32 Å². The van der Waals surface area contributed by atoms with Crippen LogP contribution in [0.2, 0.25) is 10.0 Å². The van der Waals surface area contributed by atoms with Crippen molar-refractivity contribution in [2.24, 2.45) is 5.92 Å². The fraction of sp³-hybridized carbons (Fsp3) is 0.421. The molecule has 1 aromatic heterocycles. The molecule has 0 saturated heterocycles. The molecule has 4 N–H and O–H groups in total. The summed E-state index contributed by atoms with van der Waals surface area (Å²) in [5.41, 5.74) is -0.0464. The van der Waals surface area contributed by atoms with Gasteiger partial charge in [-0.05, 0) is 36.1 Å². The Bertz CT molecular complexity index is 965. The third kappa shape index (κ3) is 6.25. The normalized spacial score (nSPS) is 13.4. The number of nitrogens with zero attached hydrogens (tertiary/aromatic N) is 2. The molecule has 0 bridgehead atoms. The summed E-state index contributed by atoms with van der Waals surface area (Å²) >= 11 is 11.9. The van der Waals surface area contributed by atoms with Crippen molar-refractivity contribution in [1.82, 2.24) is 14.5 Å². The number of aromatic nitrogens is 2. The Morgan fingerprint density at radius 1 is 1.07 bits per heavy atom. The van der Waals surface area contributed by atoms with Gasteiger partial charge in [0.05, 0.1) is 19.3 Å². The molecule has 2 rings (SSSR count). The first kappa shape index (κ1) is 23.8. The van der Waals surface area contributed by atoms with Crippen LogP contribution in [-0.2, 0) is 22.7 Å². The van der Waals surface area contributed by atoms with Crippen molar-refractivity contribution in [3.8, 4) is 5.88 Å². The number of rotatable bonds is 10. The number of carboxylic acid groups (broad SMARTS) is 2. The number of aromatic hydroxyl groups is 1. The highest BCUT2D eigenvalue weighted by Crippen LogP contribution is 2.20. The SMILES string of the molecule is CC(C)C[C@H](N[C@@H](Cn1c(O)cn(Cc2cc(Cl)cc(Cl)c2)c1=O)C(=O)O)C(=O)O. The number of nitrogens with one attached hydrogen (secondary N) is 1. The highest BCUT2D eigenvalue weighted by Gasteiger charge is 2.28. The van der Waals surface area contributed by atoms with Gasteiger partial charge in [0.2, 0.25) is 5.88 Å². The molecule has 0 radical (unpaired) electrons. The van der Waals surface area contributed by atoms with E-state index in [1.54, 1.807) is 12.1 Å². The summed E-state index contributed by atoms with van der Waals surface area (Å²) in [6.45, 7) is 3.22. The molecule has 0 aliphatic heterocycles. The molecular formula is C19H23Cl2N3O6. The molecular weight excluding hydrogens is 437 g/mol. The van der Waals surface area contributed by atoms with Gasteiger partial charge in [0.15, 0.2) is 0 Å². The zero-order valence-corrected chi connectivity index (χ0v) is 17.9. The largest absolute Gasteiger partial charge is 0.493 e. The third-order valence-electron chi connectivity index (χ3n) is 4.37. The lowest BCUT2D eigenvalue weighted by Crippen LogP contribution is -2.50. The maximum Gasteiger partial charge on any atom is 0.331 e. The molecule has 30 heavy (non-hydrogen) atoms. The van der Waals surface area contributed by atoms with E-state index in [4.69, 9.17) is 23.2 Å². The second-order valence-corrected chi connectivity index (χ2v) is 8.24. The van der Waals surface area contributed by atoms with Crippen molar-refractivity contribution in [3.63, 3.8) is 0 Å². The van der Waals surface area contributed by atoms with E-state index in [9.17, 15) is 29.7 Å². The van der Waals surface area contributed by atoms with Gasteiger partial charge in [0, 0.05) is 10.0 Å². The Morgan fingerprint density at radius 2 is 1.63 bits per heavy atom. The molecule has 11 heteroatoms. The van der Waals surface area contributed by atoms with E-state index >= 15 is 0 Å². The first-order valence-electron chi connectivity index (χ1n) is 9.13. The van der Waals surface area contributed by atoms with Crippen molar-refractivity contribution in [2.75, 3.05) is 0 Å². The van der Waals surface area contributed by atoms with E-state index in [1.165, 1.54) is 16.8 Å². The molecule has 0 saturated carbocycles. The van der Waals surface area contributed by atoms with Crippen LogP contribution in [0.1, 0.15) is 25.8 Å². The van der Waals surface area contributed by atoms with Crippen LogP contribution < -0.4 is 11.0 Å². The van der Waals surface area contributed by atoms with Gasteiger partial charge in [-0.25, -0.2) is 4.79 Å². The Labute approximate surface area is 182 Å². The molecule has 0 spiro atoms. The molecule has 2 aromatic rings. The van der Waals surface area contributed by atoms with Crippen molar-refractivity contribution < 1.29 is 24.9 Å². The second kappa shape index (κ2) is 10.0. The van der Waals surface area contributed by atoms with Crippen LogP contribution in [0.15, 0.2) is 29.2 Å². The van der Waals surface area contributed by atoms with E-state index in [-0.39, 0.29) is 18.9 Å². The van der Waals surface area contributed by atoms with Gasteiger partial charge >= 0.3 is 17.6 Å². The highest BCUT2D eigenvalue weighted by atomic mass is 35.5. The van der Waals surface area contributed by atoms with Crippen molar-refractivity contribution >= 4 is 35.1 Å². The first-order chi connectivity index (χ1) is 14.0. The molecule has 1 heterocycles. The highest BCUT2D eigenvalue weighted by molar-refractivity contribution is 6.34. The quantitative estimate of drug-likeness (QED) is 0.427. The monoisotopic (exact) mass is 459 g/mol. The van der Waals surface area contributed by atoms with E-state index in [0.29, 0.717) is 15.6 Å². The number of halogens is 2. The van der Waals surface area contributed by atoms with Gasteiger partial charge < -0.3 is 15.3 Å². The van der Waals surface area contributed by atoms with Gasteiger partial charge in [-0.2, -0.15) is 0 Å². The first-order valence-corrected chi connectivity index (χ1v) is 9.89. The summed E-state index contributed by atoms with van der Waals surface area (Å²) in [5, 5.41) is 32.3. The van der Waals surface area contributed by atoms with Crippen molar-refractivity contribution in [1.29, 1.82) is 0 Å². The lowest BCUT2D eigenvalue weighted by Gasteiger charge is -2.21. The van der Waals surface area contributed by atoms with Crippen LogP contribution >= 0.6 is 23.2 Å². The smallest absolute Gasteiger partial charge is 0.331 e. The van der Waals surface area contributed by atoms with Crippen LogP contribution in [0.25, 0.3) is 0 Å². The number of benzene rings is 1. The average Bonchev–Trinajstić information content (AvgIpc) is 2.86. The van der Waals surface area contributed by atoms with E-state index in [1.807, 2.05) is 13.8 Å². The minimum absolute atomic E-state index is 0.00905. The summed E-state index contributed by atoms with van der Waals surface area (Å²) in [7, 11) is 0. The predicted molar refractivity (Wildman–Crippen MR) is 111 cm³/mol. The molecule has 0 aliphatic carbocycles. The zero-order valence-electron chi connectivity index (χ0n) is 16.4. The maximum absolute atomic E-state index is 12.7. The molecule has 9 nitrogen and oxygen atoms in total. The molecule has 164 valence electrons. The van der Waals surface area contributed by atoms with Gasteiger partial charge in [0.25, 0.3) is 0 Å². The van der Waals surface area contributed by atoms with Crippen LogP contribution in [0.3, 0.4) is 0 Å². The van der Waals surface area contributed by atoms with Gasteiger partial charge in [-0.3, -0.25) is 24.0 Å². The standard InChI is InChI=1S/C19H23Cl2N3O6/c1-10(2)3-14(17(26)27)22-15(18(28)29)8-24-16(25)9-23(19(24)30)7-11-4-12(20)6-13(21)5-11/h4-6,9-10,14-15,22,25H,3,7-8H2,1-2H3,(H,26,27)(H,28,29)/t14-,15-/m0/s1. The Balaban J connectivity index is 2.26. The average molecular weight is 460 g/mol. The number of imidazole rings is 1. The minimum atomic E-state index is -1.40. The number of hydrogen-bond donors (Lipinski definition) is 4. The molecule has 0 aliphatic rings. The summed E-state index contributed by atoms with van der Waals surface area (Å²) in [4.78, 5) is 35.8. The van der Waals surface area contributed by atoms with E-state index in [0.717, 1.165) is 4.57 Å². The Kier molecular flexibility index (Phi) is 7.94. The number of carboxylic acids is 2. The summed E-state index contributed by atoms with van der Waals surface area (Å²) in [5.74, 6) is -2.97. The summed E-state index contributed by atoms with van der Waals surface area (Å²) < 4.78 is 2.05. The van der Waals surface area contributed by atoms with E-state index < -0.39 is 42.1 Å². The molecule has 1 aromatic carbocycles. The summed E-state index contributed by atoms with van der Waals surface area (Å²) in [6.07, 6.45) is 1.37. The fourth-order valence-electron chi connectivity index (χ4n) is 3.04. The van der Waals surface area contributed by atoms with Crippen LogP contribution in [0, 0.1) is 5.92 Å². The molecule has 2 atom stereocenters. The maximum atomic E-state index is 12.7. The number of aliphatic carboxylic acids is 2. The summed E-state index contributed by atoms with van der Waals surface area (Å²) in [6, 6.07) is 2.25. The number of hydrogen-bond acceptors (Lipinski definition) is 5. The minimum Gasteiger partial charge on any atom is -0.493 e. The van der Waals surface area contributed by atoms with Crippen LogP contribution in [-0.4, -0.2) is 48.5 Å². The lowest BCUT2D eigenvalue weighted by molar-refractivity contribution is -0.143. The van der Waals surface area contributed by atoms with Crippen molar-refractivity contribution in [2.45, 2.75) is 45.4 Å². The van der Waals surface area contributed by atoms with Crippen LogP contribution in [0.4, 0.5) is 0 Å². The van der Waals surface area contributed by atoms with Gasteiger partial charge in [-0.15, -0.1) is 0 Å². The Morgan fingerprint density at radius 3 is 2.13 bits per heavy atom.